The summed E-state index contributed by atoms with van der Waals surface area (Å²) in [5.41, 5.74) is 2.45. The molecule has 0 atom stereocenters. The van der Waals surface area contributed by atoms with Crippen LogP contribution < -0.4 is 15.0 Å². The fourth-order valence-electron chi connectivity index (χ4n) is 2.94. The number of ether oxygens (including phenoxy) is 3. The molecule has 0 radical (unpaired) electrons. The Kier molecular flexibility index (Phi) is 4.93. The summed E-state index contributed by atoms with van der Waals surface area (Å²) in [6.07, 6.45) is 8.42. The molecular formula is C20H20N2O4. The molecule has 0 unspecified atom stereocenters. The van der Waals surface area contributed by atoms with E-state index in [4.69, 9.17) is 14.2 Å². The Morgan fingerprint density at radius 1 is 1.08 bits per heavy atom. The first-order valence-electron chi connectivity index (χ1n) is 7.99. The van der Waals surface area contributed by atoms with E-state index in [1.54, 1.807) is 57.7 Å². The number of nitrogens with zero attached hydrogens (tertiary/aromatic N) is 2. The van der Waals surface area contributed by atoms with Crippen LogP contribution in [0.25, 0.3) is 28.0 Å². The van der Waals surface area contributed by atoms with Crippen molar-refractivity contribution in [3.8, 4) is 22.6 Å². The van der Waals surface area contributed by atoms with Gasteiger partial charge in [0.25, 0.3) is 5.56 Å². The van der Waals surface area contributed by atoms with E-state index in [2.05, 4.69) is 4.98 Å². The summed E-state index contributed by atoms with van der Waals surface area (Å²) in [5.74, 6) is 1.28. The van der Waals surface area contributed by atoms with Crippen molar-refractivity contribution in [2.75, 3.05) is 21.3 Å². The van der Waals surface area contributed by atoms with Crippen LogP contribution in [-0.2, 0) is 11.8 Å². The lowest BCUT2D eigenvalue weighted by Gasteiger charge is -2.15. The normalized spacial score (nSPS) is 11.1. The molecule has 0 saturated carbocycles. The zero-order valence-electron chi connectivity index (χ0n) is 15.1. The maximum Gasteiger partial charge on any atom is 0.259 e. The Morgan fingerprint density at radius 3 is 2.38 bits per heavy atom. The van der Waals surface area contributed by atoms with Gasteiger partial charge in [0.05, 0.1) is 38.5 Å². The van der Waals surface area contributed by atoms with Gasteiger partial charge in [0.1, 0.15) is 11.5 Å². The Balaban J connectivity index is 2.32. The minimum absolute atomic E-state index is 0.0876. The van der Waals surface area contributed by atoms with Crippen LogP contribution in [0.5, 0.6) is 11.5 Å². The monoisotopic (exact) mass is 352 g/mol. The van der Waals surface area contributed by atoms with Crippen molar-refractivity contribution >= 4 is 16.8 Å². The molecule has 0 aliphatic heterocycles. The molecule has 134 valence electrons. The largest absolute Gasteiger partial charge is 0.504 e. The molecule has 0 aliphatic carbocycles. The standard InChI is InChI=1S/C20H20N2O4/c1-22-12-17(14-5-7-21-11-16(14)20(22)23)13-9-18(25-3)15(6-8-24-2)19(10-13)26-4/h5-12H,1-4H3/b8-6+. The van der Waals surface area contributed by atoms with Crippen LogP contribution in [0.3, 0.4) is 0 Å². The smallest absolute Gasteiger partial charge is 0.259 e. The summed E-state index contributed by atoms with van der Waals surface area (Å²) in [5, 5.41) is 1.39. The number of benzene rings is 1. The van der Waals surface area contributed by atoms with Crippen molar-refractivity contribution in [1.29, 1.82) is 0 Å². The molecule has 0 aliphatic rings. The molecule has 0 fully saturated rings. The summed E-state index contributed by atoms with van der Waals surface area (Å²) in [6, 6.07) is 5.67. The van der Waals surface area contributed by atoms with E-state index in [0.29, 0.717) is 16.9 Å². The van der Waals surface area contributed by atoms with E-state index in [0.717, 1.165) is 22.1 Å². The molecule has 0 amide bonds. The summed E-state index contributed by atoms with van der Waals surface area (Å²) < 4.78 is 17.7. The minimum Gasteiger partial charge on any atom is -0.504 e. The van der Waals surface area contributed by atoms with Gasteiger partial charge in [-0.15, -0.1) is 0 Å². The van der Waals surface area contributed by atoms with Gasteiger partial charge in [-0.2, -0.15) is 0 Å². The number of hydrogen-bond donors (Lipinski definition) is 0. The van der Waals surface area contributed by atoms with Gasteiger partial charge in [-0.25, -0.2) is 0 Å². The van der Waals surface area contributed by atoms with E-state index in [9.17, 15) is 4.79 Å². The minimum atomic E-state index is -0.0876. The molecule has 3 aromatic rings. The van der Waals surface area contributed by atoms with Crippen molar-refractivity contribution in [2.24, 2.45) is 7.05 Å². The van der Waals surface area contributed by atoms with E-state index >= 15 is 0 Å². The molecule has 0 bridgehead atoms. The van der Waals surface area contributed by atoms with E-state index in [1.807, 2.05) is 24.4 Å². The second kappa shape index (κ2) is 7.31. The highest BCUT2D eigenvalue weighted by molar-refractivity contribution is 5.96. The summed E-state index contributed by atoms with van der Waals surface area (Å²) in [7, 11) is 6.51. The first-order valence-corrected chi connectivity index (χ1v) is 7.99. The van der Waals surface area contributed by atoms with Crippen molar-refractivity contribution in [3.05, 3.63) is 59.0 Å². The predicted octanol–water partition coefficient (Wildman–Crippen LogP) is 3.23. The van der Waals surface area contributed by atoms with Crippen LogP contribution in [0.2, 0.25) is 0 Å². The highest BCUT2D eigenvalue weighted by Crippen LogP contribution is 2.37. The molecule has 3 rings (SSSR count). The average molecular weight is 352 g/mol. The maximum atomic E-state index is 12.4. The number of rotatable bonds is 5. The molecule has 0 spiro atoms. The molecule has 26 heavy (non-hydrogen) atoms. The zero-order valence-corrected chi connectivity index (χ0v) is 15.1. The van der Waals surface area contributed by atoms with Gasteiger partial charge in [0.2, 0.25) is 0 Å². The quantitative estimate of drug-likeness (QED) is 0.660. The molecule has 6 heteroatoms. The molecule has 2 heterocycles. The second-order valence-electron chi connectivity index (χ2n) is 5.71. The fourth-order valence-corrected chi connectivity index (χ4v) is 2.94. The third-order valence-corrected chi connectivity index (χ3v) is 4.21. The van der Waals surface area contributed by atoms with Gasteiger partial charge in [0, 0.05) is 31.2 Å². The SMILES string of the molecule is CO/C=C/c1c(OC)cc(-c2cn(C)c(=O)c3cnccc23)cc1OC. The lowest BCUT2D eigenvalue weighted by molar-refractivity contribution is 0.340. The highest BCUT2D eigenvalue weighted by Gasteiger charge is 2.15. The Morgan fingerprint density at radius 2 is 1.77 bits per heavy atom. The highest BCUT2D eigenvalue weighted by atomic mass is 16.5. The number of pyridine rings is 2. The molecule has 0 saturated heterocycles. The molecular weight excluding hydrogens is 332 g/mol. The first-order chi connectivity index (χ1) is 12.6. The zero-order chi connectivity index (χ0) is 18.7. The lowest BCUT2D eigenvalue weighted by atomic mass is 9.99. The average Bonchev–Trinajstić information content (AvgIpc) is 2.68. The van der Waals surface area contributed by atoms with Crippen molar-refractivity contribution in [1.82, 2.24) is 9.55 Å². The molecule has 1 aromatic carbocycles. The van der Waals surface area contributed by atoms with Crippen molar-refractivity contribution in [2.45, 2.75) is 0 Å². The van der Waals surface area contributed by atoms with Crippen LogP contribution >= 0.6 is 0 Å². The fraction of sp³-hybridized carbons (Fsp3) is 0.200. The number of methoxy groups -OCH3 is 3. The third kappa shape index (κ3) is 3.01. The summed E-state index contributed by atoms with van der Waals surface area (Å²) in [4.78, 5) is 16.5. The second-order valence-corrected chi connectivity index (χ2v) is 5.71. The van der Waals surface area contributed by atoms with Crippen molar-refractivity contribution in [3.63, 3.8) is 0 Å². The third-order valence-electron chi connectivity index (χ3n) is 4.21. The Labute approximate surface area is 151 Å². The Bertz CT molecular complexity index is 1010. The van der Waals surface area contributed by atoms with Crippen LogP contribution in [-0.4, -0.2) is 30.9 Å². The number of aryl methyl sites for hydroxylation is 1. The van der Waals surface area contributed by atoms with Gasteiger partial charge in [-0.1, -0.05) is 0 Å². The van der Waals surface area contributed by atoms with Gasteiger partial charge in [-0.3, -0.25) is 9.78 Å². The Hall–Kier alpha value is -3.28. The molecule has 2 aromatic heterocycles. The van der Waals surface area contributed by atoms with Gasteiger partial charge < -0.3 is 18.8 Å². The maximum absolute atomic E-state index is 12.4. The van der Waals surface area contributed by atoms with Gasteiger partial charge >= 0.3 is 0 Å². The van der Waals surface area contributed by atoms with Crippen LogP contribution in [0, 0.1) is 0 Å². The topological polar surface area (TPSA) is 62.6 Å². The molecule has 0 N–H and O–H groups in total. The van der Waals surface area contributed by atoms with E-state index in [1.165, 1.54) is 0 Å². The van der Waals surface area contributed by atoms with Crippen LogP contribution in [0.15, 0.2) is 47.8 Å². The van der Waals surface area contributed by atoms with Gasteiger partial charge in [0.15, 0.2) is 0 Å². The first kappa shape index (κ1) is 17.5. The predicted molar refractivity (Wildman–Crippen MR) is 102 cm³/mol. The van der Waals surface area contributed by atoms with E-state index in [-0.39, 0.29) is 5.56 Å². The van der Waals surface area contributed by atoms with Crippen LogP contribution in [0.4, 0.5) is 0 Å². The lowest BCUT2D eigenvalue weighted by Crippen LogP contribution is -2.16. The van der Waals surface area contributed by atoms with E-state index < -0.39 is 0 Å². The number of aromatic nitrogens is 2. The number of hydrogen-bond acceptors (Lipinski definition) is 5. The van der Waals surface area contributed by atoms with Crippen LogP contribution in [0.1, 0.15) is 5.56 Å². The number of fused-ring (bicyclic) bond motifs is 1. The summed E-state index contributed by atoms with van der Waals surface area (Å²) in [6.45, 7) is 0. The van der Waals surface area contributed by atoms with Gasteiger partial charge in [-0.05, 0) is 35.2 Å². The van der Waals surface area contributed by atoms with Crippen molar-refractivity contribution < 1.29 is 14.2 Å². The molecule has 6 nitrogen and oxygen atoms in total. The summed E-state index contributed by atoms with van der Waals surface area (Å²) >= 11 is 0.